The van der Waals surface area contributed by atoms with Gasteiger partial charge in [0.1, 0.15) is 5.82 Å². The summed E-state index contributed by atoms with van der Waals surface area (Å²) in [6, 6.07) is 12.4. The Hall–Kier alpha value is -3.40. The topological polar surface area (TPSA) is 101 Å². The van der Waals surface area contributed by atoms with Crippen molar-refractivity contribution in [1.29, 1.82) is 0 Å². The Kier molecular flexibility index (Phi) is 6.91. The molecule has 0 radical (unpaired) electrons. The van der Waals surface area contributed by atoms with Crippen LogP contribution < -0.4 is 21.9 Å². The molecule has 7 nitrogen and oxygen atoms in total. The second-order valence-corrected chi connectivity index (χ2v) is 7.62. The van der Waals surface area contributed by atoms with Gasteiger partial charge in [-0.15, -0.1) is 11.8 Å². The van der Waals surface area contributed by atoms with E-state index in [-0.39, 0.29) is 30.3 Å². The van der Waals surface area contributed by atoms with Gasteiger partial charge < -0.3 is 10.6 Å². The molecule has 0 aliphatic carbocycles. The number of carbonyl (C=O) groups is 1. The molecule has 3 N–H and O–H groups in total. The van der Waals surface area contributed by atoms with Gasteiger partial charge in [-0.25, -0.2) is 13.6 Å². The molecule has 3 aromatic rings. The van der Waals surface area contributed by atoms with Gasteiger partial charge in [-0.3, -0.25) is 19.1 Å². The van der Waals surface area contributed by atoms with E-state index in [0.29, 0.717) is 4.90 Å². The number of nitrogens with two attached hydrogens (primary N) is 1. The lowest BCUT2D eigenvalue weighted by molar-refractivity contribution is -0.116. The number of benzene rings is 2. The van der Waals surface area contributed by atoms with E-state index in [0.717, 1.165) is 29.5 Å². The number of anilines is 2. The van der Waals surface area contributed by atoms with Gasteiger partial charge in [0.15, 0.2) is 17.3 Å². The first-order valence-electron chi connectivity index (χ1n) is 9.36. The number of nitrogen functional groups attached to an aromatic ring is 1. The number of rotatable bonds is 7. The number of H-pyrrole nitrogens is 1. The molecule has 0 saturated heterocycles. The first-order chi connectivity index (χ1) is 14.8. The van der Waals surface area contributed by atoms with E-state index in [1.54, 1.807) is 31.2 Å². The molecule has 0 unspecified atom stereocenters. The Labute approximate surface area is 180 Å². The smallest absolute Gasteiger partial charge is 0.330 e. The van der Waals surface area contributed by atoms with Crippen LogP contribution in [0.2, 0.25) is 0 Å². The first kappa shape index (κ1) is 22.3. The standard InChI is InChI=1S/C21H20F2N4O3S/c1-2-26(17(28)12-31-14-8-9-15(22)16(23)10-14)18-19(24)27(21(30)25-20(18)29)11-13-6-4-3-5-7-13/h3-10H,2,11-12,24H2,1H3,(H,25,29,30). The summed E-state index contributed by atoms with van der Waals surface area (Å²) in [6.07, 6.45) is 0. The minimum absolute atomic E-state index is 0.116. The number of aromatic amines is 1. The van der Waals surface area contributed by atoms with Gasteiger partial charge >= 0.3 is 5.69 Å². The fourth-order valence-corrected chi connectivity index (χ4v) is 3.81. The molecule has 10 heteroatoms. The summed E-state index contributed by atoms with van der Waals surface area (Å²) >= 11 is 0.992. The number of amides is 1. The van der Waals surface area contributed by atoms with Crippen LogP contribution in [-0.4, -0.2) is 27.8 Å². The van der Waals surface area contributed by atoms with Crippen molar-refractivity contribution >= 4 is 29.2 Å². The molecular weight excluding hydrogens is 426 g/mol. The van der Waals surface area contributed by atoms with Crippen LogP contribution in [0.25, 0.3) is 0 Å². The number of aromatic nitrogens is 2. The van der Waals surface area contributed by atoms with E-state index < -0.39 is 28.8 Å². The Morgan fingerprint density at radius 2 is 1.84 bits per heavy atom. The summed E-state index contributed by atoms with van der Waals surface area (Å²) in [5.41, 5.74) is 5.34. The van der Waals surface area contributed by atoms with Crippen molar-refractivity contribution in [3.05, 3.63) is 86.6 Å². The molecule has 0 aliphatic rings. The van der Waals surface area contributed by atoms with Crippen LogP contribution in [0, 0.1) is 11.6 Å². The molecule has 162 valence electrons. The molecule has 31 heavy (non-hydrogen) atoms. The Bertz CT molecular complexity index is 1210. The number of carbonyl (C=O) groups excluding carboxylic acids is 1. The number of thioether (sulfide) groups is 1. The lowest BCUT2D eigenvalue weighted by atomic mass is 10.2. The third-order valence-corrected chi connectivity index (χ3v) is 5.52. The highest BCUT2D eigenvalue weighted by Crippen LogP contribution is 2.23. The van der Waals surface area contributed by atoms with E-state index in [1.165, 1.54) is 15.5 Å². The van der Waals surface area contributed by atoms with Gasteiger partial charge in [0.2, 0.25) is 5.91 Å². The summed E-state index contributed by atoms with van der Waals surface area (Å²) in [5.74, 6) is -2.75. The van der Waals surface area contributed by atoms with Crippen molar-refractivity contribution in [1.82, 2.24) is 9.55 Å². The quantitative estimate of drug-likeness (QED) is 0.544. The number of halogens is 2. The summed E-state index contributed by atoms with van der Waals surface area (Å²) in [4.78, 5) is 41.3. The molecule has 1 heterocycles. The molecule has 0 aliphatic heterocycles. The van der Waals surface area contributed by atoms with Crippen molar-refractivity contribution < 1.29 is 13.6 Å². The van der Waals surface area contributed by atoms with Gasteiger partial charge in [0.05, 0.1) is 12.3 Å². The minimum atomic E-state index is -1.02. The highest BCUT2D eigenvalue weighted by molar-refractivity contribution is 8.00. The fraction of sp³-hybridized carbons (Fsp3) is 0.190. The second-order valence-electron chi connectivity index (χ2n) is 6.57. The predicted molar refractivity (Wildman–Crippen MR) is 116 cm³/mol. The van der Waals surface area contributed by atoms with Crippen LogP contribution in [0.3, 0.4) is 0 Å². The Balaban J connectivity index is 1.88. The van der Waals surface area contributed by atoms with Crippen LogP contribution in [0.15, 0.2) is 63.0 Å². The zero-order valence-electron chi connectivity index (χ0n) is 16.6. The van der Waals surface area contributed by atoms with Gasteiger partial charge in [-0.2, -0.15) is 0 Å². The van der Waals surface area contributed by atoms with E-state index >= 15 is 0 Å². The summed E-state index contributed by atoms with van der Waals surface area (Å²) in [5, 5.41) is 0. The molecule has 0 atom stereocenters. The van der Waals surface area contributed by atoms with E-state index in [4.69, 9.17) is 5.73 Å². The molecule has 0 fully saturated rings. The Morgan fingerprint density at radius 3 is 2.48 bits per heavy atom. The third-order valence-electron chi connectivity index (χ3n) is 4.54. The SMILES string of the molecule is CCN(C(=O)CSc1ccc(F)c(F)c1)c1c(N)n(Cc2ccccc2)c(=O)[nH]c1=O. The highest BCUT2D eigenvalue weighted by Gasteiger charge is 2.23. The molecule has 2 aromatic carbocycles. The van der Waals surface area contributed by atoms with Gasteiger partial charge in [0.25, 0.3) is 5.56 Å². The van der Waals surface area contributed by atoms with Gasteiger partial charge in [0, 0.05) is 11.4 Å². The second kappa shape index (κ2) is 9.61. The van der Waals surface area contributed by atoms with Gasteiger partial charge in [-0.05, 0) is 30.7 Å². The maximum Gasteiger partial charge on any atom is 0.330 e. The van der Waals surface area contributed by atoms with Gasteiger partial charge in [-0.1, -0.05) is 30.3 Å². The molecule has 0 saturated carbocycles. The lowest BCUT2D eigenvalue weighted by Crippen LogP contribution is -2.41. The van der Waals surface area contributed by atoms with Crippen LogP contribution in [-0.2, 0) is 11.3 Å². The van der Waals surface area contributed by atoms with Crippen LogP contribution in [0.4, 0.5) is 20.3 Å². The fourth-order valence-electron chi connectivity index (χ4n) is 3.01. The first-order valence-corrected chi connectivity index (χ1v) is 10.3. The average Bonchev–Trinajstić information content (AvgIpc) is 2.75. The number of nitrogens with one attached hydrogen (secondary N) is 1. The Morgan fingerprint density at radius 1 is 1.13 bits per heavy atom. The molecular formula is C21H20F2N4O3S. The molecule has 0 spiro atoms. The molecule has 3 rings (SSSR count). The predicted octanol–water partition coefficient (Wildman–Crippen LogP) is 2.59. The maximum absolute atomic E-state index is 13.4. The average molecular weight is 446 g/mol. The normalized spacial score (nSPS) is 10.8. The molecule has 1 aromatic heterocycles. The lowest BCUT2D eigenvalue weighted by Gasteiger charge is -2.23. The summed E-state index contributed by atoms with van der Waals surface area (Å²) < 4.78 is 27.6. The van der Waals surface area contributed by atoms with Crippen molar-refractivity contribution in [3.63, 3.8) is 0 Å². The summed E-state index contributed by atoms with van der Waals surface area (Å²) in [7, 11) is 0. The zero-order valence-corrected chi connectivity index (χ0v) is 17.4. The minimum Gasteiger partial charge on any atom is -0.383 e. The van der Waals surface area contributed by atoms with Crippen LogP contribution >= 0.6 is 11.8 Å². The largest absolute Gasteiger partial charge is 0.383 e. The maximum atomic E-state index is 13.4. The van der Waals surface area contributed by atoms with E-state index in [1.807, 2.05) is 6.07 Å². The van der Waals surface area contributed by atoms with E-state index in [9.17, 15) is 23.2 Å². The van der Waals surface area contributed by atoms with Crippen molar-refractivity contribution in [2.75, 3.05) is 22.9 Å². The highest BCUT2D eigenvalue weighted by atomic mass is 32.2. The third kappa shape index (κ3) is 5.02. The van der Waals surface area contributed by atoms with Crippen LogP contribution in [0.5, 0.6) is 0 Å². The van der Waals surface area contributed by atoms with E-state index in [2.05, 4.69) is 4.98 Å². The molecule has 1 amide bonds. The molecule has 0 bridgehead atoms. The van der Waals surface area contributed by atoms with Crippen molar-refractivity contribution in [2.24, 2.45) is 0 Å². The monoisotopic (exact) mass is 446 g/mol. The van der Waals surface area contributed by atoms with Crippen molar-refractivity contribution in [3.8, 4) is 0 Å². The number of hydrogen-bond donors (Lipinski definition) is 2. The van der Waals surface area contributed by atoms with Crippen LogP contribution in [0.1, 0.15) is 12.5 Å². The zero-order chi connectivity index (χ0) is 22.5. The van der Waals surface area contributed by atoms with Crippen molar-refractivity contribution in [2.45, 2.75) is 18.4 Å². The number of hydrogen-bond acceptors (Lipinski definition) is 5. The number of nitrogens with zero attached hydrogens (tertiary/aromatic N) is 2. The summed E-state index contributed by atoms with van der Waals surface area (Å²) in [6.45, 7) is 1.89.